The van der Waals surface area contributed by atoms with E-state index in [1.807, 2.05) is 6.07 Å². The molecule has 0 heterocycles. The summed E-state index contributed by atoms with van der Waals surface area (Å²) in [4.78, 5) is 11.8. The van der Waals surface area contributed by atoms with Crippen LogP contribution in [0.4, 0.5) is 4.39 Å². The summed E-state index contributed by atoms with van der Waals surface area (Å²) in [6.45, 7) is 0. The van der Waals surface area contributed by atoms with Crippen molar-refractivity contribution in [1.82, 2.24) is 5.43 Å². The minimum atomic E-state index is -0.787. The van der Waals surface area contributed by atoms with Crippen molar-refractivity contribution in [2.75, 3.05) is 0 Å². The number of hydrogen-bond acceptors (Lipinski definition) is 4. The molecule has 22 heavy (non-hydrogen) atoms. The van der Waals surface area contributed by atoms with Crippen LogP contribution in [-0.4, -0.2) is 12.1 Å². The van der Waals surface area contributed by atoms with Gasteiger partial charge in [0.15, 0.2) is 0 Å². The van der Waals surface area contributed by atoms with Crippen molar-refractivity contribution in [3.05, 3.63) is 70.5 Å². The summed E-state index contributed by atoms with van der Waals surface area (Å²) in [6.07, 6.45) is 1.38. The molecule has 106 valence electrons. The molecule has 6 heteroatoms. The molecule has 5 nitrogen and oxygen atoms in total. The Kier molecular flexibility index (Phi) is 4.59. The normalized spacial score (nSPS) is 9.95. The van der Waals surface area contributed by atoms with Crippen molar-refractivity contribution in [3.8, 4) is 12.1 Å². The van der Waals surface area contributed by atoms with E-state index in [2.05, 4.69) is 10.5 Å². The zero-order chi connectivity index (χ0) is 15.9. The van der Waals surface area contributed by atoms with Crippen LogP contribution in [0.15, 0.2) is 47.6 Å². The number of carbonyl (C=O) groups excluding carboxylic acids is 1. The maximum Gasteiger partial charge on any atom is 0.274 e. The Morgan fingerprint density at radius 3 is 2.32 bits per heavy atom. The van der Waals surface area contributed by atoms with Crippen molar-refractivity contribution >= 4 is 12.1 Å². The van der Waals surface area contributed by atoms with Crippen LogP contribution in [0.1, 0.15) is 27.0 Å². The second-order valence-corrected chi connectivity index (χ2v) is 4.24. The molecular weight excluding hydrogens is 283 g/mol. The number of nitriles is 2. The first-order chi connectivity index (χ1) is 10.6. The Bertz CT molecular complexity index is 814. The van der Waals surface area contributed by atoms with E-state index < -0.39 is 11.7 Å². The van der Waals surface area contributed by atoms with Crippen molar-refractivity contribution in [1.29, 1.82) is 10.5 Å². The number of carbonyl (C=O) groups is 1. The van der Waals surface area contributed by atoms with Crippen LogP contribution in [0.5, 0.6) is 0 Å². The van der Waals surface area contributed by atoms with Gasteiger partial charge in [0, 0.05) is 0 Å². The SMILES string of the molecule is N#Cc1ccc(/C=N\NC(=O)c2ccc(C#N)cc2F)cc1. The highest BCUT2D eigenvalue weighted by Gasteiger charge is 2.11. The number of halogens is 1. The van der Waals surface area contributed by atoms with Gasteiger partial charge in [0.1, 0.15) is 5.82 Å². The van der Waals surface area contributed by atoms with Gasteiger partial charge in [-0.05, 0) is 35.9 Å². The maximum absolute atomic E-state index is 13.6. The van der Waals surface area contributed by atoms with Crippen LogP contribution in [-0.2, 0) is 0 Å². The highest BCUT2D eigenvalue weighted by atomic mass is 19.1. The molecule has 0 aliphatic rings. The third-order valence-corrected chi connectivity index (χ3v) is 2.76. The Hall–Kier alpha value is -3.51. The smallest absolute Gasteiger partial charge is 0.267 e. The molecule has 1 N–H and O–H groups in total. The van der Waals surface area contributed by atoms with Gasteiger partial charge in [0.25, 0.3) is 5.91 Å². The molecule has 1 amide bonds. The molecule has 0 aliphatic heterocycles. The van der Waals surface area contributed by atoms with E-state index in [1.165, 1.54) is 18.3 Å². The minimum Gasteiger partial charge on any atom is -0.267 e. The van der Waals surface area contributed by atoms with Crippen molar-refractivity contribution in [2.24, 2.45) is 5.10 Å². The quantitative estimate of drug-likeness (QED) is 0.695. The number of rotatable bonds is 3. The molecule has 0 aliphatic carbocycles. The van der Waals surface area contributed by atoms with Crippen molar-refractivity contribution in [2.45, 2.75) is 0 Å². The molecule has 0 spiro atoms. The minimum absolute atomic E-state index is 0.134. The predicted octanol–water partition coefficient (Wildman–Crippen LogP) is 2.33. The summed E-state index contributed by atoms with van der Waals surface area (Å²) in [5, 5.41) is 21.0. The molecule has 2 rings (SSSR count). The summed E-state index contributed by atoms with van der Waals surface area (Å²) < 4.78 is 13.6. The molecule has 0 radical (unpaired) electrons. The third-order valence-electron chi connectivity index (χ3n) is 2.76. The second kappa shape index (κ2) is 6.78. The standard InChI is InChI=1S/C16H9FN4O/c17-15-7-13(9-19)5-6-14(15)16(22)21-20-10-12-3-1-11(8-18)2-4-12/h1-7,10H,(H,21,22)/b20-10-. The fourth-order valence-corrected chi connectivity index (χ4v) is 1.64. The number of nitrogens with one attached hydrogen (secondary N) is 1. The average molecular weight is 292 g/mol. The summed E-state index contributed by atoms with van der Waals surface area (Å²) >= 11 is 0. The Balaban J connectivity index is 2.04. The van der Waals surface area contributed by atoms with E-state index in [4.69, 9.17) is 10.5 Å². The fourth-order valence-electron chi connectivity index (χ4n) is 1.64. The molecule has 0 unspecified atom stereocenters. The predicted molar refractivity (Wildman–Crippen MR) is 77.3 cm³/mol. The monoisotopic (exact) mass is 292 g/mol. The van der Waals surface area contributed by atoms with Gasteiger partial charge in [-0.1, -0.05) is 12.1 Å². The Morgan fingerprint density at radius 2 is 1.73 bits per heavy atom. The zero-order valence-electron chi connectivity index (χ0n) is 11.2. The van der Waals surface area contributed by atoms with E-state index in [-0.39, 0.29) is 11.1 Å². The fraction of sp³-hybridized carbons (Fsp3) is 0. The maximum atomic E-state index is 13.6. The Morgan fingerprint density at radius 1 is 1.09 bits per heavy atom. The van der Waals surface area contributed by atoms with E-state index in [9.17, 15) is 9.18 Å². The van der Waals surface area contributed by atoms with Crippen LogP contribution in [0.3, 0.4) is 0 Å². The van der Waals surface area contributed by atoms with Crippen LogP contribution in [0.2, 0.25) is 0 Å². The summed E-state index contributed by atoms with van der Waals surface area (Å²) in [5.41, 5.74) is 3.33. The van der Waals surface area contributed by atoms with Gasteiger partial charge in [-0.2, -0.15) is 15.6 Å². The first-order valence-corrected chi connectivity index (χ1v) is 6.17. The van der Waals surface area contributed by atoms with E-state index >= 15 is 0 Å². The van der Waals surface area contributed by atoms with Crippen molar-refractivity contribution < 1.29 is 9.18 Å². The third kappa shape index (κ3) is 3.53. The summed E-state index contributed by atoms with van der Waals surface area (Å²) in [6, 6.07) is 13.9. The van der Waals surface area contributed by atoms with Crippen molar-refractivity contribution in [3.63, 3.8) is 0 Å². The van der Waals surface area contributed by atoms with Gasteiger partial charge in [-0.15, -0.1) is 0 Å². The lowest BCUT2D eigenvalue weighted by Gasteiger charge is -2.01. The van der Waals surface area contributed by atoms with Gasteiger partial charge in [-0.25, -0.2) is 9.82 Å². The van der Waals surface area contributed by atoms with Gasteiger partial charge >= 0.3 is 0 Å². The van der Waals surface area contributed by atoms with E-state index in [0.717, 1.165) is 6.07 Å². The molecule has 0 saturated carbocycles. The summed E-state index contributed by atoms with van der Waals surface area (Å²) in [5.74, 6) is -1.50. The molecular formula is C16H9FN4O. The van der Waals surface area contributed by atoms with E-state index in [1.54, 1.807) is 30.3 Å². The van der Waals surface area contributed by atoms with Crippen LogP contribution >= 0.6 is 0 Å². The molecule has 2 aromatic carbocycles. The van der Waals surface area contributed by atoms with Crippen LogP contribution in [0, 0.1) is 28.5 Å². The number of hydrogen-bond donors (Lipinski definition) is 1. The van der Waals surface area contributed by atoms with Crippen LogP contribution in [0.25, 0.3) is 0 Å². The van der Waals surface area contributed by atoms with Gasteiger partial charge < -0.3 is 0 Å². The molecule has 2 aromatic rings. The molecule has 0 atom stereocenters. The summed E-state index contributed by atoms with van der Waals surface area (Å²) in [7, 11) is 0. The number of benzene rings is 2. The molecule has 0 saturated heterocycles. The molecule has 0 aromatic heterocycles. The zero-order valence-corrected chi connectivity index (χ0v) is 11.2. The second-order valence-electron chi connectivity index (χ2n) is 4.24. The number of amides is 1. The lowest BCUT2D eigenvalue weighted by molar-refractivity contribution is 0.0951. The van der Waals surface area contributed by atoms with Gasteiger partial charge in [0.05, 0.1) is 35.0 Å². The largest absolute Gasteiger partial charge is 0.274 e. The lowest BCUT2D eigenvalue weighted by atomic mass is 10.1. The topological polar surface area (TPSA) is 89.0 Å². The Labute approximate surface area is 125 Å². The number of nitrogens with zero attached hydrogens (tertiary/aromatic N) is 3. The highest BCUT2D eigenvalue weighted by molar-refractivity contribution is 5.95. The molecule has 0 bridgehead atoms. The molecule has 0 fully saturated rings. The van der Waals surface area contributed by atoms with Crippen LogP contribution < -0.4 is 5.43 Å². The highest BCUT2D eigenvalue weighted by Crippen LogP contribution is 2.09. The lowest BCUT2D eigenvalue weighted by Crippen LogP contribution is -2.19. The van der Waals surface area contributed by atoms with E-state index in [0.29, 0.717) is 11.1 Å². The number of hydrazone groups is 1. The van der Waals surface area contributed by atoms with Gasteiger partial charge in [0.2, 0.25) is 0 Å². The van der Waals surface area contributed by atoms with Gasteiger partial charge in [-0.3, -0.25) is 4.79 Å². The first-order valence-electron chi connectivity index (χ1n) is 6.17. The average Bonchev–Trinajstić information content (AvgIpc) is 2.55. The first kappa shape index (κ1) is 14.9.